The summed E-state index contributed by atoms with van der Waals surface area (Å²) in [4.78, 5) is 17.4. The van der Waals surface area contributed by atoms with Crippen molar-refractivity contribution in [3.63, 3.8) is 0 Å². The molecule has 0 unspecified atom stereocenters. The van der Waals surface area contributed by atoms with Crippen molar-refractivity contribution in [1.82, 2.24) is 24.4 Å². The van der Waals surface area contributed by atoms with Gasteiger partial charge in [-0.05, 0) is 25.5 Å². The van der Waals surface area contributed by atoms with Crippen molar-refractivity contribution in [2.75, 3.05) is 7.11 Å². The predicted octanol–water partition coefficient (Wildman–Crippen LogP) is 3.28. The number of fused-ring (bicyclic) bond motifs is 1. The zero-order chi connectivity index (χ0) is 19.0. The summed E-state index contributed by atoms with van der Waals surface area (Å²) in [5.41, 5.74) is 4.61. The van der Waals surface area contributed by atoms with Crippen LogP contribution < -0.4 is 10.3 Å². The number of benzene rings is 1. The van der Waals surface area contributed by atoms with Crippen LogP contribution >= 0.6 is 0 Å². The molecular formula is C20H21N5O2. The van der Waals surface area contributed by atoms with Crippen LogP contribution in [0.2, 0.25) is 0 Å². The molecular weight excluding hydrogens is 342 g/mol. The molecule has 0 aliphatic heterocycles. The van der Waals surface area contributed by atoms with E-state index < -0.39 is 0 Å². The Morgan fingerprint density at radius 3 is 2.85 bits per heavy atom. The van der Waals surface area contributed by atoms with Gasteiger partial charge in [-0.1, -0.05) is 19.1 Å². The molecule has 1 N–H and O–H groups in total. The summed E-state index contributed by atoms with van der Waals surface area (Å²) >= 11 is 0. The van der Waals surface area contributed by atoms with Crippen molar-refractivity contribution in [3.8, 4) is 28.3 Å². The third-order valence-corrected chi connectivity index (χ3v) is 4.59. The number of aromatic amines is 1. The first-order valence-electron chi connectivity index (χ1n) is 8.90. The fourth-order valence-corrected chi connectivity index (χ4v) is 3.20. The number of hydrogen-bond acceptors (Lipinski definition) is 4. The first-order chi connectivity index (χ1) is 13.1. The lowest BCUT2D eigenvalue weighted by molar-refractivity contribution is 0.415. The van der Waals surface area contributed by atoms with Crippen LogP contribution in [-0.4, -0.2) is 31.5 Å². The normalized spacial score (nSPS) is 11.2. The van der Waals surface area contributed by atoms with Crippen molar-refractivity contribution < 1.29 is 4.74 Å². The maximum absolute atomic E-state index is 12.7. The Hall–Kier alpha value is -3.35. The molecule has 1 aromatic carbocycles. The molecule has 3 aromatic heterocycles. The van der Waals surface area contributed by atoms with Gasteiger partial charge in [-0.3, -0.25) is 14.6 Å². The van der Waals surface area contributed by atoms with Gasteiger partial charge in [-0.2, -0.15) is 5.10 Å². The molecule has 0 aliphatic carbocycles. The van der Waals surface area contributed by atoms with E-state index in [1.54, 1.807) is 13.3 Å². The van der Waals surface area contributed by atoms with Gasteiger partial charge in [-0.25, -0.2) is 9.50 Å². The number of aromatic nitrogens is 5. The number of aryl methyl sites for hydroxylation is 2. The Labute approximate surface area is 156 Å². The van der Waals surface area contributed by atoms with Crippen LogP contribution in [0.25, 0.3) is 28.2 Å². The van der Waals surface area contributed by atoms with Gasteiger partial charge in [0, 0.05) is 35.5 Å². The molecule has 7 heteroatoms. The second kappa shape index (κ2) is 6.75. The lowest BCUT2D eigenvalue weighted by Crippen LogP contribution is -2.14. The van der Waals surface area contributed by atoms with E-state index in [-0.39, 0.29) is 5.56 Å². The Morgan fingerprint density at radius 2 is 2.07 bits per heavy atom. The van der Waals surface area contributed by atoms with Crippen molar-refractivity contribution in [2.45, 2.75) is 26.8 Å². The molecule has 0 atom stereocenters. The molecule has 4 aromatic rings. The smallest absolute Gasteiger partial charge is 0.273 e. The maximum Gasteiger partial charge on any atom is 0.273 e. The van der Waals surface area contributed by atoms with E-state index in [4.69, 9.17) is 9.72 Å². The van der Waals surface area contributed by atoms with Crippen molar-refractivity contribution >= 4 is 5.65 Å². The molecule has 0 fully saturated rings. The zero-order valence-corrected chi connectivity index (χ0v) is 15.6. The second-order valence-electron chi connectivity index (χ2n) is 6.47. The third-order valence-electron chi connectivity index (χ3n) is 4.59. The minimum atomic E-state index is -0.157. The molecule has 0 radical (unpaired) electrons. The monoisotopic (exact) mass is 363 g/mol. The maximum atomic E-state index is 12.7. The molecule has 7 nitrogen and oxygen atoms in total. The summed E-state index contributed by atoms with van der Waals surface area (Å²) in [5, 5.41) is 7.50. The lowest BCUT2D eigenvalue weighted by Gasteiger charge is -2.03. The van der Waals surface area contributed by atoms with E-state index in [1.165, 1.54) is 10.6 Å². The standard InChI is InChI=1S/C20H21N5O2/c1-4-8-24-12-15(11-21-24)17-10-18(26)25-20(22-17)13(2)19(23-25)14-6-5-7-16(9-14)27-3/h5-7,9-12,23H,4,8H2,1-3H3. The number of methoxy groups -OCH3 is 1. The topological polar surface area (TPSA) is 77.2 Å². The number of rotatable bonds is 5. The van der Waals surface area contributed by atoms with Gasteiger partial charge in [0.2, 0.25) is 0 Å². The van der Waals surface area contributed by atoms with Crippen LogP contribution in [0.4, 0.5) is 0 Å². The van der Waals surface area contributed by atoms with Crippen LogP contribution in [-0.2, 0) is 6.54 Å². The minimum absolute atomic E-state index is 0.157. The molecule has 0 saturated heterocycles. The third kappa shape index (κ3) is 3.01. The van der Waals surface area contributed by atoms with Gasteiger partial charge in [0.25, 0.3) is 5.56 Å². The predicted molar refractivity (Wildman–Crippen MR) is 104 cm³/mol. The van der Waals surface area contributed by atoms with Crippen molar-refractivity contribution in [2.24, 2.45) is 0 Å². The average molecular weight is 363 g/mol. The van der Waals surface area contributed by atoms with Crippen LogP contribution in [0.3, 0.4) is 0 Å². The second-order valence-corrected chi connectivity index (χ2v) is 6.47. The molecule has 0 bridgehead atoms. The molecule has 0 amide bonds. The summed E-state index contributed by atoms with van der Waals surface area (Å²) in [5.74, 6) is 0.759. The molecule has 4 rings (SSSR count). The van der Waals surface area contributed by atoms with Crippen molar-refractivity contribution in [3.05, 3.63) is 58.6 Å². The van der Waals surface area contributed by atoms with Crippen molar-refractivity contribution in [1.29, 1.82) is 0 Å². The highest BCUT2D eigenvalue weighted by molar-refractivity contribution is 5.72. The summed E-state index contributed by atoms with van der Waals surface area (Å²) in [7, 11) is 1.63. The fraction of sp³-hybridized carbons (Fsp3) is 0.250. The average Bonchev–Trinajstić information content (AvgIpc) is 3.28. The van der Waals surface area contributed by atoms with Gasteiger partial charge < -0.3 is 4.74 Å². The minimum Gasteiger partial charge on any atom is -0.497 e. The zero-order valence-electron chi connectivity index (χ0n) is 15.6. The van der Waals surface area contributed by atoms with E-state index in [9.17, 15) is 4.79 Å². The summed E-state index contributed by atoms with van der Waals surface area (Å²) in [6, 6.07) is 9.24. The van der Waals surface area contributed by atoms with Crippen LogP contribution in [0, 0.1) is 6.92 Å². The Morgan fingerprint density at radius 1 is 1.22 bits per heavy atom. The summed E-state index contributed by atoms with van der Waals surface area (Å²) < 4.78 is 8.65. The number of ether oxygens (including phenoxy) is 1. The first-order valence-corrected chi connectivity index (χ1v) is 8.90. The largest absolute Gasteiger partial charge is 0.497 e. The van der Waals surface area contributed by atoms with E-state index in [0.29, 0.717) is 11.3 Å². The highest BCUT2D eigenvalue weighted by Crippen LogP contribution is 2.27. The van der Waals surface area contributed by atoms with Crippen LogP contribution in [0.5, 0.6) is 5.75 Å². The van der Waals surface area contributed by atoms with E-state index >= 15 is 0 Å². The fourth-order valence-electron chi connectivity index (χ4n) is 3.20. The Bertz CT molecular complexity index is 1170. The van der Waals surface area contributed by atoms with Crippen LogP contribution in [0.15, 0.2) is 47.5 Å². The number of nitrogens with zero attached hydrogens (tertiary/aromatic N) is 4. The van der Waals surface area contributed by atoms with Crippen LogP contribution in [0.1, 0.15) is 18.9 Å². The molecule has 0 aliphatic rings. The van der Waals surface area contributed by atoms with E-state index in [2.05, 4.69) is 17.1 Å². The molecule has 138 valence electrons. The lowest BCUT2D eigenvalue weighted by atomic mass is 10.1. The Balaban J connectivity index is 1.85. The van der Waals surface area contributed by atoms with Gasteiger partial charge in [0.15, 0.2) is 5.65 Å². The summed E-state index contributed by atoms with van der Waals surface area (Å²) in [6.07, 6.45) is 4.67. The highest BCUT2D eigenvalue weighted by Gasteiger charge is 2.15. The highest BCUT2D eigenvalue weighted by atomic mass is 16.5. The SMILES string of the molecule is CCCn1cc(-c2cc(=O)n3[nH]c(-c4cccc(OC)c4)c(C)c3n2)cn1. The van der Waals surface area contributed by atoms with Gasteiger partial charge in [0.05, 0.1) is 24.7 Å². The van der Waals surface area contributed by atoms with Gasteiger partial charge >= 0.3 is 0 Å². The molecule has 0 spiro atoms. The van der Waals surface area contributed by atoms with Gasteiger partial charge in [-0.15, -0.1) is 0 Å². The molecule has 3 heterocycles. The van der Waals surface area contributed by atoms with E-state index in [1.807, 2.05) is 42.1 Å². The first kappa shape index (κ1) is 17.1. The Kier molecular flexibility index (Phi) is 4.27. The summed E-state index contributed by atoms with van der Waals surface area (Å²) in [6.45, 7) is 4.89. The quantitative estimate of drug-likeness (QED) is 0.590. The molecule has 27 heavy (non-hydrogen) atoms. The van der Waals surface area contributed by atoms with E-state index in [0.717, 1.165) is 41.1 Å². The number of hydrogen-bond donors (Lipinski definition) is 1. The van der Waals surface area contributed by atoms with Gasteiger partial charge in [0.1, 0.15) is 5.75 Å². The number of H-pyrrole nitrogens is 1. The molecule has 0 saturated carbocycles. The number of nitrogens with one attached hydrogen (secondary N) is 1.